The Morgan fingerprint density at radius 2 is 1.27 bits per heavy atom. The van der Waals surface area contributed by atoms with Gasteiger partial charge in [0.2, 0.25) is 0 Å². The van der Waals surface area contributed by atoms with E-state index in [4.69, 9.17) is 0 Å². The second kappa shape index (κ2) is 8.78. The van der Waals surface area contributed by atoms with Crippen molar-refractivity contribution in [2.24, 2.45) is 57.2 Å². The van der Waals surface area contributed by atoms with Gasteiger partial charge in [-0.05, 0) is 103 Å². The molecule has 0 saturated heterocycles. The number of rotatable bonds is 8. The lowest BCUT2D eigenvalue weighted by Crippen LogP contribution is -2.40. The fourth-order valence-electron chi connectivity index (χ4n) is 11.0. The molecule has 1 nitrogen and oxygen atoms in total. The van der Waals surface area contributed by atoms with E-state index < -0.39 is 0 Å². The number of Topliss-reactive ketones (excluding diaryl/α,β-unsaturated/α-hetero) is 1. The number of carbonyl (C=O) groups excluding carboxylic acids is 1. The van der Waals surface area contributed by atoms with Crippen molar-refractivity contribution in [1.29, 1.82) is 0 Å². The molecule has 4 unspecified atom stereocenters. The van der Waals surface area contributed by atoms with Crippen molar-refractivity contribution in [3.8, 4) is 0 Å². The van der Waals surface area contributed by atoms with Gasteiger partial charge in [0, 0.05) is 38.7 Å². The lowest BCUT2D eigenvalue weighted by atomic mass is 9.70. The summed E-state index contributed by atoms with van der Waals surface area (Å²) in [7, 11) is 0. The molecule has 0 amide bonds. The summed E-state index contributed by atoms with van der Waals surface area (Å²) in [6.45, 7) is 10.3. The summed E-state index contributed by atoms with van der Waals surface area (Å²) in [4.78, 5) is 17.2. The van der Waals surface area contributed by atoms with Crippen molar-refractivity contribution in [3.63, 3.8) is 0 Å². The van der Waals surface area contributed by atoms with Crippen LogP contribution in [0.15, 0.2) is 22.0 Å². The average Bonchev–Trinajstić information content (AvgIpc) is 3.68. The number of hydrogen-bond donors (Lipinski definition) is 0. The number of ketones is 1. The molecule has 0 radical (unpaired) electrons. The number of carbonyl (C=O) groups is 1. The monoisotopic (exact) mass is 574 g/mol. The molecular weight excluding hydrogens is 529 g/mol. The SMILES string of the molecule is CSC[C@]12CC[C@H](C[C@H]1SC1=C(S[C@@H]3C[C@H]4CC[C@]3(CSC)C4(C)C)C3C4C=CC(C4)C3C1=O)C2(C)C. The maximum absolute atomic E-state index is 14.3. The normalized spacial score (nSPS) is 49.7. The third-order valence-electron chi connectivity index (χ3n) is 13.6. The predicted octanol–water partition coefficient (Wildman–Crippen LogP) is 8.80. The highest BCUT2D eigenvalue weighted by Gasteiger charge is 2.67. The summed E-state index contributed by atoms with van der Waals surface area (Å²) >= 11 is 8.47. The maximum atomic E-state index is 14.3. The molecule has 0 aromatic rings. The number of fused-ring (bicyclic) bond motifs is 9. The summed E-state index contributed by atoms with van der Waals surface area (Å²) in [6.07, 6.45) is 19.0. The molecule has 37 heavy (non-hydrogen) atoms. The van der Waals surface area contributed by atoms with Crippen LogP contribution in [0.2, 0.25) is 0 Å². The van der Waals surface area contributed by atoms with Crippen molar-refractivity contribution in [2.45, 2.75) is 83.1 Å². The molecule has 5 heteroatoms. The van der Waals surface area contributed by atoms with E-state index in [1.54, 1.807) is 4.91 Å². The topological polar surface area (TPSA) is 17.1 Å². The minimum atomic E-state index is 0.256. The van der Waals surface area contributed by atoms with E-state index in [2.05, 4.69) is 87.6 Å². The van der Waals surface area contributed by atoms with Gasteiger partial charge in [-0.25, -0.2) is 0 Å². The van der Waals surface area contributed by atoms with Gasteiger partial charge in [-0.1, -0.05) is 39.8 Å². The molecule has 7 rings (SSSR count). The Hall–Kier alpha value is 0.550. The summed E-state index contributed by atoms with van der Waals surface area (Å²) in [6, 6.07) is 0. The van der Waals surface area contributed by atoms with Gasteiger partial charge < -0.3 is 0 Å². The molecule has 0 aromatic heterocycles. The van der Waals surface area contributed by atoms with Crippen LogP contribution < -0.4 is 0 Å². The highest BCUT2D eigenvalue weighted by molar-refractivity contribution is 8.08. The van der Waals surface area contributed by atoms with Crippen LogP contribution in [-0.4, -0.2) is 40.3 Å². The van der Waals surface area contributed by atoms with Crippen molar-refractivity contribution in [3.05, 3.63) is 22.0 Å². The van der Waals surface area contributed by atoms with E-state index >= 15 is 0 Å². The molecule has 6 bridgehead atoms. The fraction of sp³-hybridized carbons (Fsp3) is 0.844. The Labute approximate surface area is 242 Å². The summed E-state index contributed by atoms with van der Waals surface area (Å²) in [5.41, 5.74) is 1.63. The van der Waals surface area contributed by atoms with Gasteiger partial charge in [0.25, 0.3) is 0 Å². The Morgan fingerprint density at radius 1 is 0.757 bits per heavy atom. The molecule has 0 aromatic carbocycles. The first-order valence-electron chi connectivity index (χ1n) is 14.9. The minimum absolute atomic E-state index is 0.256. The second-order valence-corrected chi connectivity index (χ2v) is 19.0. The third-order valence-corrected chi connectivity index (χ3v) is 18.5. The standard InChI is InChI=1S/C32H46OS4/c1-29(2)20-9-11-31(29,16-34-5)22(14-20)36-27-25-19-8-7-18(13-19)24(25)26(33)28(27)37-23-15-21-10-12-32(23,17-35-6)30(21,3)4/h7-8,18-25H,9-17H2,1-6H3/t18?,19?,20-,21-,22-,23-,24?,25?,31-,32-/m1/s1. The van der Waals surface area contributed by atoms with Crippen LogP contribution in [0.1, 0.15) is 72.6 Å². The van der Waals surface area contributed by atoms with Crippen LogP contribution in [0, 0.1) is 57.2 Å². The van der Waals surface area contributed by atoms with E-state index in [1.807, 2.05) is 11.8 Å². The highest BCUT2D eigenvalue weighted by atomic mass is 32.2. The van der Waals surface area contributed by atoms with Crippen LogP contribution in [0.3, 0.4) is 0 Å². The summed E-state index contributed by atoms with van der Waals surface area (Å²) < 4.78 is 0. The lowest BCUT2D eigenvalue weighted by molar-refractivity contribution is -0.119. The highest BCUT2D eigenvalue weighted by Crippen LogP contribution is 2.74. The molecule has 0 heterocycles. The molecule has 10 atom stereocenters. The third kappa shape index (κ3) is 3.27. The predicted molar refractivity (Wildman–Crippen MR) is 166 cm³/mol. The largest absolute Gasteiger partial charge is 0.293 e. The van der Waals surface area contributed by atoms with Gasteiger partial charge in [-0.3, -0.25) is 4.79 Å². The first-order valence-corrected chi connectivity index (χ1v) is 19.4. The average molecular weight is 575 g/mol. The van der Waals surface area contributed by atoms with E-state index in [9.17, 15) is 4.79 Å². The zero-order chi connectivity index (χ0) is 26.0. The fourth-order valence-corrected chi connectivity index (χ4v) is 17.9. The van der Waals surface area contributed by atoms with Gasteiger partial charge in [-0.2, -0.15) is 23.5 Å². The van der Waals surface area contributed by atoms with Crippen molar-refractivity contribution >= 4 is 52.8 Å². The smallest absolute Gasteiger partial charge is 0.174 e. The van der Waals surface area contributed by atoms with Gasteiger partial charge in [0.1, 0.15) is 0 Å². The molecule has 5 fully saturated rings. The molecule has 7 aliphatic rings. The van der Waals surface area contributed by atoms with E-state index in [1.165, 1.54) is 61.4 Å². The van der Waals surface area contributed by atoms with E-state index in [0.29, 0.717) is 55.7 Å². The van der Waals surface area contributed by atoms with Gasteiger partial charge in [0.05, 0.1) is 4.91 Å². The van der Waals surface area contributed by atoms with Gasteiger partial charge >= 0.3 is 0 Å². The molecule has 0 N–H and O–H groups in total. The lowest BCUT2D eigenvalue weighted by Gasteiger charge is -2.43. The molecule has 204 valence electrons. The molecule has 0 spiro atoms. The van der Waals surface area contributed by atoms with Crippen LogP contribution in [0.25, 0.3) is 0 Å². The zero-order valence-electron chi connectivity index (χ0n) is 23.7. The van der Waals surface area contributed by atoms with E-state index in [-0.39, 0.29) is 5.92 Å². The quantitative estimate of drug-likeness (QED) is 0.269. The Morgan fingerprint density at radius 3 is 1.78 bits per heavy atom. The first-order chi connectivity index (χ1) is 17.6. The molecule has 5 saturated carbocycles. The van der Waals surface area contributed by atoms with Crippen LogP contribution >= 0.6 is 47.0 Å². The van der Waals surface area contributed by atoms with E-state index in [0.717, 1.165) is 11.8 Å². The van der Waals surface area contributed by atoms with Crippen molar-refractivity contribution in [2.75, 3.05) is 24.0 Å². The van der Waals surface area contributed by atoms with Crippen LogP contribution in [0.4, 0.5) is 0 Å². The second-order valence-electron chi connectivity index (χ2n) is 14.8. The first kappa shape index (κ1) is 26.4. The summed E-state index contributed by atoms with van der Waals surface area (Å²) in [5.74, 6) is 6.65. The molecule has 7 aliphatic carbocycles. The molecular formula is C32H46OS4. The van der Waals surface area contributed by atoms with Crippen LogP contribution in [-0.2, 0) is 4.79 Å². The molecule has 0 aliphatic heterocycles. The van der Waals surface area contributed by atoms with Crippen LogP contribution in [0.5, 0.6) is 0 Å². The Balaban J connectivity index is 1.26. The Kier molecular flexibility index (Phi) is 6.27. The minimum Gasteiger partial charge on any atom is -0.293 e. The summed E-state index contributed by atoms with van der Waals surface area (Å²) in [5, 5.41) is 1.30. The zero-order valence-corrected chi connectivity index (χ0v) is 26.9. The van der Waals surface area contributed by atoms with Gasteiger partial charge in [-0.15, -0.1) is 23.5 Å². The van der Waals surface area contributed by atoms with Crippen molar-refractivity contribution in [1.82, 2.24) is 0 Å². The van der Waals surface area contributed by atoms with Crippen molar-refractivity contribution < 1.29 is 4.79 Å². The Bertz CT molecular complexity index is 1060. The number of hydrogen-bond acceptors (Lipinski definition) is 5. The van der Waals surface area contributed by atoms with Gasteiger partial charge in [0.15, 0.2) is 5.78 Å². The number of allylic oxidation sites excluding steroid dienone is 4. The maximum Gasteiger partial charge on any atom is 0.174 e. The number of thioether (sulfide) groups is 4.